The fourth-order valence-electron chi connectivity index (χ4n) is 4.73. The van der Waals surface area contributed by atoms with Crippen molar-refractivity contribution >= 4 is 26.9 Å². The number of anilines is 1. The molecule has 37 heavy (non-hydrogen) atoms. The van der Waals surface area contributed by atoms with Crippen LogP contribution >= 0.6 is 0 Å². The van der Waals surface area contributed by atoms with Crippen LogP contribution in [-0.2, 0) is 10.0 Å². The lowest BCUT2D eigenvalue weighted by Crippen LogP contribution is -2.49. The highest BCUT2D eigenvalue weighted by molar-refractivity contribution is 7.89. The lowest BCUT2D eigenvalue weighted by atomic mass is 10.1. The summed E-state index contributed by atoms with van der Waals surface area (Å²) in [5.41, 5.74) is 1.70. The van der Waals surface area contributed by atoms with Gasteiger partial charge in [-0.2, -0.15) is 9.40 Å². The average Bonchev–Trinajstić information content (AvgIpc) is 3.37. The molecule has 1 fully saturated rings. The molecule has 0 saturated carbocycles. The first-order chi connectivity index (χ1) is 17.9. The maximum absolute atomic E-state index is 13.2. The van der Waals surface area contributed by atoms with E-state index >= 15 is 0 Å². The Bertz CT molecular complexity index is 1460. The smallest absolute Gasteiger partial charge is 0.243 e. The topological polar surface area (TPSA) is 93.5 Å². The number of piperazine rings is 1. The molecule has 2 aromatic heterocycles. The third-order valence-corrected chi connectivity index (χ3v) is 8.74. The van der Waals surface area contributed by atoms with Crippen LogP contribution in [0.4, 0.5) is 5.82 Å². The zero-order valence-corrected chi connectivity index (χ0v) is 22.2. The Balaban J connectivity index is 1.45. The molecule has 0 bridgehead atoms. The third kappa shape index (κ3) is 4.91. The Morgan fingerprint density at radius 2 is 1.68 bits per heavy atom. The van der Waals surface area contributed by atoms with Gasteiger partial charge in [0, 0.05) is 32.1 Å². The quantitative estimate of drug-likeness (QED) is 0.343. The van der Waals surface area contributed by atoms with Crippen LogP contribution in [0.25, 0.3) is 16.7 Å². The molecule has 0 radical (unpaired) electrons. The number of ether oxygens (including phenoxy) is 1. The highest BCUT2D eigenvalue weighted by Gasteiger charge is 2.30. The van der Waals surface area contributed by atoms with Crippen LogP contribution in [-0.4, -0.2) is 65.8 Å². The first kappa shape index (κ1) is 25.2. The molecule has 9 nitrogen and oxygen atoms in total. The summed E-state index contributed by atoms with van der Waals surface area (Å²) in [6.45, 7) is 6.10. The summed E-state index contributed by atoms with van der Waals surface area (Å²) in [6, 6.07) is 16.5. The number of benzene rings is 2. The Kier molecular flexibility index (Phi) is 7.12. The maximum atomic E-state index is 13.2. The summed E-state index contributed by atoms with van der Waals surface area (Å²) in [7, 11) is -2.03. The SMILES string of the molecule is CCCC(C)c1nc(N2CCN(S(=O)(=O)c3ccc(OC)cc3)CC2)c2cnn(-c3ccccc3)c2n1. The standard InChI is InChI=1S/C27H32N6O3S/c1-4-8-20(2)25-29-26(24-19-28-33(27(24)30-25)21-9-6-5-7-10-21)31-15-17-32(18-16-31)37(34,35)23-13-11-22(36-3)12-14-23/h5-7,9-14,19-20H,4,8,15-18H2,1-3H3. The Morgan fingerprint density at radius 1 is 0.973 bits per heavy atom. The van der Waals surface area contributed by atoms with Gasteiger partial charge in [0.2, 0.25) is 10.0 Å². The van der Waals surface area contributed by atoms with Crippen molar-refractivity contribution in [2.45, 2.75) is 37.5 Å². The number of hydrogen-bond donors (Lipinski definition) is 0. The molecule has 1 saturated heterocycles. The molecule has 1 unspecified atom stereocenters. The van der Waals surface area contributed by atoms with Gasteiger partial charge in [-0.05, 0) is 42.8 Å². The van der Waals surface area contributed by atoms with Crippen molar-refractivity contribution < 1.29 is 13.2 Å². The summed E-state index contributed by atoms with van der Waals surface area (Å²) in [6.07, 6.45) is 3.84. The zero-order chi connectivity index (χ0) is 26.0. The molecule has 0 aliphatic carbocycles. The molecule has 1 aliphatic heterocycles. The van der Waals surface area contributed by atoms with E-state index in [0.717, 1.165) is 41.2 Å². The van der Waals surface area contributed by atoms with Gasteiger partial charge < -0.3 is 9.64 Å². The van der Waals surface area contributed by atoms with E-state index in [0.29, 0.717) is 31.9 Å². The number of fused-ring (bicyclic) bond motifs is 1. The third-order valence-electron chi connectivity index (χ3n) is 6.82. The lowest BCUT2D eigenvalue weighted by Gasteiger charge is -2.35. The van der Waals surface area contributed by atoms with Gasteiger partial charge in [-0.1, -0.05) is 38.5 Å². The molecule has 10 heteroatoms. The molecule has 4 aromatic rings. The molecule has 5 rings (SSSR count). The van der Waals surface area contributed by atoms with Crippen LogP contribution in [0.15, 0.2) is 65.7 Å². The van der Waals surface area contributed by atoms with E-state index < -0.39 is 10.0 Å². The molecule has 1 atom stereocenters. The van der Waals surface area contributed by atoms with E-state index in [1.54, 1.807) is 31.4 Å². The van der Waals surface area contributed by atoms with Crippen molar-refractivity contribution in [2.24, 2.45) is 0 Å². The summed E-state index contributed by atoms with van der Waals surface area (Å²) < 4.78 is 35.0. The van der Waals surface area contributed by atoms with Crippen LogP contribution < -0.4 is 9.64 Å². The van der Waals surface area contributed by atoms with Gasteiger partial charge in [0.05, 0.1) is 29.3 Å². The molecule has 3 heterocycles. The summed E-state index contributed by atoms with van der Waals surface area (Å²) in [5.74, 6) is 2.42. The van der Waals surface area contributed by atoms with E-state index in [4.69, 9.17) is 14.7 Å². The number of aromatic nitrogens is 4. The van der Waals surface area contributed by atoms with Gasteiger partial charge in [-0.15, -0.1) is 0 Å². The molecular weight excluding hydrogens is 488 g/mol. The summed E-state index contributed by atoms with van der Waals surface area (Å²) in [5, 5.41) is 5.51. The van der Waals surface area contributed by atoms with E-state index in [1.165, 1.54) is 4.31 Å². The van der Waals surface area contributed by atoms with Crippen molar-refractivity contribution in [2.75, 3.05) is 38.2 Å². The molecule has 2 aromatic carbocycles. The Labute approximate surface area is 217 Å². The fraction of sp³-hybridized carbons (Fsp3) is 0.370. The van der Waals surface area contributed by atoms with Gasteiger partial charge in [-0.25, -0.2) is 23.1 Å². The predicted molar refractivity (Wildman–Crippen MR) is 144 cm³/mol. The number of para-hydroxylation sites is 1. The molecule has 194 valence electrons. The summed E-state index contributed by atoms with van der Waals surface area (Å²) in [4.78, 5) is 12.4. The highest BCUT2D eigenvalue weighted by atomic mass is 32.2. The van der Waals surface area contributed by atoms with Gasteiger partial charge >= 0.3 is 0 Å². The number of rotatable bonds is 8. The Hall–Kier alpha value is -3.50. The van der Waals surface area contributed by atoms with E-state index in [-0.39, 0.29) is 10.8 Å². The second-order valence-electron chi connectivity index (χ2n) is 9.29. The van der Waals surface area contributed by atoms with E-state index in [1.807, 2.05) is 41.2 Å². The monoisotopic (exact) mass is 520 g/mol. The maximum Gasteiger partial charge on any atom is 0.243 e. The minimum Gasteiger partial charge on any atom is -0.497 e. The number of hydrogen-bond acceptors (Lipinski definition) is 7. The normalized spacial score (nSPS) is 15.7. The van der Waals surface area contributed by atoms with E-state index in [9.17, 15) is 8.42 Å². The van der Waals surface area contributed by atoms with Crippen molar-refractivity contribution in [3.63, 3.8) is 0 Å². The predicted octanol–water partition coefficient (Wildman–Crippen LogP) is 4.24. The first-order valence-electron chi connectivity index (χ1n) is 12.6. The average molecular weight is 521 g/mol. The van der Waals surface area contributed by atoms with Crippen LogP contribution in [0.2, 0.25) is 0 Å². The lowest BCUT2D eigenvalue weighted by molar-refractivity contribution is 0.383. The highest BCUT2D eigenvalue weighted by Crippen LogP contribution is 2.30. The first-order valence-corrected chi connectivity index (χ1v) is 14.1. The number of sulfonamides is 1. The fourth-order valence-corrected chi connectivity index (χ4v) is 6.15. The molecule has 1 aliphatic rings. The minimum absolute atomic E-state index is 0.198. The van der Waals surface area contributed by atoms with Gasteiger partial charge in [0.15, 0.2) is 5.65 Å². The van der Waals surface area contributed by atoms with Gasteiger partial charge in [0.1, 0.15) is 17.4 Å². The van der Waals surface area contributed by atoms with Crippen LogP contribution in [0.5, 0.6) is 5.75 Å². The largest absolute Gasteiger partial charge is 0.497 e. The molecular formula is C27H32N6O3S. The van der Waals surface area contributed by atoms with Crippen molar-refractivity contribution in [3.8, 4) is 11.4 Å². The number of nitrogens with zero attached hydrogens (tertiary/aromatic N) is 6. The molecule has 0 spiro atoms. The second-order valence-corrected chi connectivity index (χ2v) is 11.2. The van der Waals surface area contributed by atoms with Crippen molar-refractivity contribution in [3.05, 3.63) is 66.6 Å². The van der Waals surface area contributed by atoms with Crippen LogP contribution in [0.1, 0.15) is 38.4 Å². The minimum atomic E-state index is -3.59. The summed E-state index contributed by atoms with van der Waals surface area (Å²) >= 11 is 0. The molecule has 0 N–H and O–H groups in total. The van der Waals surface area contributed by atoms with Crippen molar-refractivity contribution in [1.82, 2.24) is 24.1 Å². The van der Waals surface area contributed by atoms with Crippen LogP contribution in [0.3, 0.4) is 0 Å². The second kappa shape index (κ2) is 10.5. The van der Waals surface area contributed by atoms with Gasteiger partial charge in [0.25, 0.3) is 0 Å². The Morgan fingerprint density at radius 3 is 2.32 bits per heavy atom. The molecule has 0 amide bonds. The zero-order valence-electron chi connectivity index (χ0n) is 21.4. The van der Waals surface area contributed by atoms with E-state index in [2.05, 4.69) is 23.8 Å². The van der Waals surface area contributed by atoms with Crippen molar-refractivity contribution in [1.29, 1.82) is 0 Å². The van der Waals surface area contributed by atoms with Crippen LogP contribution in [0, 0.1) is 0 Å². The van der Waals surface area contributed by atoms with Gasteiger partial charge in [-0.3, -0.25) is 0 Å². The number of methoxy groups -OCH3 is 1.